The average molecular weight is 316 g/mol. The number of pyridine rings is 1. The van der Waals surface area contributed by atoms with Gasteiger partial charge in [0, 0.05) is 18.4 Å². The SMILES string of the molecule is Cc1cc(C)n(-c2ccc(CNC(=O)[C@@H](C)NC(N)=O)cn2)n1. The van der Waals surface area contributed by atoms with Crippen molar-refractivity contribution in [1.29, 1.82) is 0 Å². The Labute approximate surface area is 134 Å². The molecule has 1 atom stereocenters. The van der Waals surface area contributed by atoms with Crippen LogP contribution in [-0.4, -0.2) is 32.7 Å². The zero-order valence-electron chi connectivity index (χ0n) is 13.3. The maximum Gasteiger partial charge on any atom is 0.312 e. The lowest BCUT2D eigenvalue weighted by molar-refractivity contribution is -0.122. The van der Waals surface area contributed by atoms with Gasteiger partial charge >= 0.3 is 6.03 Å². The predicted octanol–water partition coefficient (Wildman–Crippen LogP) is 0.557. The average Bonchev–Trinajstić information content (AvgIpc) is 2.83. The van der Waals surface area contributed by atoms with Gasteiger partial charge in [0.15, 0.2) is 5.82 Å². The third-order valence-electron chi connectivity index (χ3n) is 3.25. The second-order valence-electron chi connectivity index (χ2n) is 5.31. The van der Waals surface area contributed by atoms with Crippen molar-refractivity contribution in [1.82, 2.24) is 25.4 Å². The van der Waals surface area contributed by atoms with E-state index in [-0.39, 0.29) is 5.91 Å². The molecule has 8 nitrogen and oxygen atoms in total. The van der Waals surface area contributed by atoms with Gasteiger partial charge in [0.05, 0.1) is 5.69 Å². The van der Waals surface area contributed by atoms with Gasteiger partial charge in [-0.25, -0.2) is 14.5 Å². The second kappa shape index (κ2) is 6.91. The van der Waals surface area contributed by atoms with Gasteiger partial charge < -0.3 is 16.4 Å². The van der Waals surface area contributed by atoms with E-state index in [2.05, 4.69) is 20.7 Å². The van der Waals surface area contributed by atoms with E-state index in [4.69, 9.17) is 5.73 Å². The fourth-order valence-corrected chi connectivity index (χ4v) is 2.13. The van der Waals surface area contributed by atoms with Crippen molar-refractivity contribution in [3.63, 3.8) is 0 Å². The minimum absolute atomic E-state index is 0.313. The minimum atomic E-state index is -0.733. The van der Waals surface area contributed by atoms with E-state index in [1.807, 2.05) is 32.0 Å². The van der Waals surface area contributed by atoms with E-state index >= 15 is 0 Å². The summed E-state index contributed by atoms with van der Waals surface area (Å²) < 4.78 is 1.76. The molecule has 23 heavy (non-hydrogen) atoms. The molecule has 2 aromatic rings. The molecular weight excluding hydrogens is 296 g/mol. The molecule has 2 aromatic heterocycles. The molecule has 0 radical (unpaired) electrons. The molecule has 8 heteroatoms. The number of carbonyl (C=O) groups excluding carboxylic acids is 2. The number of aromatic nitrogens is 3. The number of nitrogens with two attached hydrogens (primary N) is 1. The molecule has 0 saturated heterocycles. The summed E-state index contributed by atoms with van der Waals surface area (Å²) in [4.78, 5) is 26.8. The molecule has 0 aromatic carbocycles. The summed E-state index contributed by atoms with van der Waals surface area (Å²) in [6.45, 7) is 5.76. The Kier molecular flexibility index (Phi) is 4.95. The molecule has 4 N–H and O–H groups in total. The Morgan fingerprint density at radius 3 is 2.61 bits per heavy atom. The first-order chi connectivity index (χ1) is 10.9. The third kappa shape index (κ3) is 4.29. The Morgan fingerprint density at radius 1 is 1.35 bits per heavy atom. The smallest absolute Gasteiger partial charge is 0.312 e. The molecule has 3 amide bonds. The first-order valence-corrected chi connectivity index (χ1v) is 7.19. The molecule has 2 rings (SSSR count). The molecule has 0 bridgehead atoms. The number of nitrogens with zero attached hydrogens (tertiary/aromatic N) is 3. The van der Waals surface area contributed by atoms with Crippen molar-refractivity contribution < 1.29 is 9.59 Å². The zero-order chi connectivity index (χ0) is 17.0. The van der Waals surface area contributed by atoms with E-state index < -0.39 is 12.1 Å². The highest BCUT2D eigenvalue weighted by Gasteiger charge is 2.13. The topological polar surface area (TPSA) is 115 Å². The Hall–Kier alpha value is -2.90. The van der Waals surface area contributed by atoms with Crippen molar-refractivity contribution in [2.75, 3.05) is 0 Å². The number of carbonyl (C=O) groups is 2. The molecule has 0 spiro atoms. The van der Waals surface area contributed by atoms with Crippen LogP contribution in [0.2, 0.25) is 0 Å². The zero-order valence-corrected chi connectivity index (χ0v) is 13.3. The fraction of sp³-hybridized carbons (Fsp3) is 0.333. The number of nitrogens with one attached hydrogen (secondary N) is 2. The van der Waals surface area contributed by atoms with E-state index in [0.29, 0.717) is 6.54 Å². The molecule has 0 aliphatic heterocycles. The predicted molar refractivity (Wildman–Crippen MR) is 84.9 cm³/mol. The van der Waals surface area contributed by atoms with Gasteiger partial charge in [-0.05, 0) is 38.5 Å². The summed E-state index contributed by atoms with van der Waals surface area (Å²) in [6.07, 6.45) is 1.68. The van der Waals surface area contributed by atoms with Gasteiger partial charge in [0.25, 0.3) is 0 Å². The van der Waals surface area contributed by atoms with Crippen LogP contribution >= 0.6 is 0 Å². The van der Waals surface area contributed by atoms with Crippen LogP contribution in [0, 0.1) is 13.8 Å². The first kappa shape index (κ1) is 16.5. The Bertz CT molecular complexity index is 707. The maximum atomic E-state index is 11.8. The molecule has 0 saturated carbocycles. The summed E-state index contributed by atoms with van der Waals surface area (Å²) in [7, 11) is 0. The van der Waals surface area contributed by atoms with Crippen LogP contribution in [0.5, 0.6) is 0 Å². The lowest BCUT2D eigenvalue weighted by Crippen LogP contribution is -2.46. The summed E-state index contributed by atoms with van der Waals surface area (Å²) >= 11 is 0. The molecule has 122 valence electrons. The highest BCUT2D eigenvalue weighted by Crippen LogP contribution is 2.10. The first-order valence-electron chi connectivity index (χ1n) is 7.19. The number of aryl methyl sites for hydroxylation is 2. The summed E-state index contributed by atoms with van der Waals surface area (Å²) in [5.74, 6) is 0.404. The number of urea groups is 1. The normalized spacial score (nSPS) is 11.8. The van der Waals surface area contributed by atoms with Gasteiger partial charge in [-0.1, -0.05) is 6.07 Å². The number of hydrogen-bond acceptors (Lipinski definition) is 4. The van der Waals surface area contributed by atoms with Crippen molar-refractivity contribution in [2.24, 2.45) is 5.73 Å². The Morgan fingerprint density at radius 2 is 2.09 bits per heavy atom. The van der Waals surface area contributed by atoms with Crippen molar-refractivity contribution >= 4 is 11.9 Å². The van der Waals surface area contributed by atoms with E-state index in [9.17, 15) is 9.59 Å². The van der Waals surface area contributed by atoms with E-state index in [1.54, 1.807) is 17.8 Å². The second-order valence-corrected chi connectivity index (χ2v) is 5.31. The lowest BCUT2D eigenvalue weighted by atomic mass is 10.2. The monoisotopic (exact) mass is 316 g/mol. The summed E-state index contributed by atoms with van der Waals surface area (Å²) in [6, 6.07) is 4.26. The van der Waals surface area contributed by atoms with Gasteiger partial charge in [-0.3, -0.25) is 4.79 Å². The van der Waals surface area contributed by atoms with Gasteiger partial charge in [-0.2, -0.15) is 5.10 Å². The van der Waals surface area contributed by atoms with Crippen molar-refractivity contribution in [2.45, 2.75) is 33.4 Å². The van der Waals surface area contributed by atoms with Crippen LogP contribution in [0.1, 0.15) is 23.9 Å². The van der Waals surface area contributed by atoms with Crippen LogP contribution in [0.4, 0.5) is 4.79 Å². The van der Waals surface area contributed by atoms with Crippen LogP contribution in [0.25, 0.3) is 5.82 Å². The van der Waals surface area contributed by atoms with Crippen LogP contribution in [0.15, 0.2) is 24.4 Å². The summed E-state index contributed by atoms with van der Waals surface area (Å²) in [5.41, 5.74) is 7.75. The number of hydrogen-bond donors (Lipinski definition) is 3. The highest BCUT2D eigenvalue weighted by molar-refractivity contribution is 5.86. The third-order valence-corrected chi connectivity index (χ3v) is 3.25. The van der Waals surface area contributed by atoms with Gasteiger partial charge in [0.1, 0.15) is 6.04 Å². The van der Waals surface area contributed by atoms with Crippen molar-refractivity contribution in [3.8, 4) is 5.82 Å². The van der Waals surface area contributed by atoms with Crippen LogP contribution < -0.4 is 16.4 Å². The summed E-state index contributed by atoms with van der Waals surface area (Å²) in [5, 5.41) is 9.39. The minimum Gasteiger partial charge on any atom is -0.352 e. The lowest BCUT2D eigenvalue weighted by Gasteiger charge is -2.12. The molecular formula is C15H20N6O2. The quantitative estimate of drug-likeness (QED) is 0.747. The molecule has 2 heterocycles. The number of rotatable bonds is 5. The van der Waals surface area contributed by atoms with Gasteiger partial charge in [0.2, 0.25) is 5.91 Å². The standard InChI is InChI=1S/C15H20N6O2/c1-9-6-10(2)21(20-9)13-5-4-12(7-17-13)8-18-14(22)11(3)19-15(16)23/h4-7,11H,8H2,1-3H3,(H,18,22)(H3,16,19,23)/t11-/m1/s1. The number of primary amides is 1. The van der Waals surface area contributed by atoms with Gasteiger partial charge in [-0.15, -0.1) is 0 Å². The van der Waals surface area contributed by atoms with Crippen LogP contribution in [-0.2, 0) is 11.3 Å². The highest BCUT2D eigenvalue weighted by atomic mass is 16.2. The van der Waals surface area contributed by atoms with E-state index in [0.717, 1.165) is 22.8 Å². The Balaban J connectivity index is 1.97. The molecule has 0 unspecified atom stereocenters. The molecule has 0 aliphatic rings. The fourth-order valence-electron chi connectivity index (χ4n) is 2.13. The van der Waals surface area contributed by atoms with Crippen LogP contribution in [0.3, 0.4) is 0 Å². The van der Waals surface area contributed by atoms with E-state index in [1.165, 1.54) is 0 Å². The van der Waals surface area contributed by atoms with Crippen molar-refractivity contribution in [3.05, 3.63) is 41.3 Å². The molecule has 0 aliphatic carbocycles. The molecule has 0 fully saturated rings. The number of amides is 3. The largest absolute Gasteiger partial charge is 0.352 e. The maximum absolute atomic E-state index is 11.8.